The van der Waals surface area contributed by atoms with Crippen molar-refractivity contribution in [3.05, 3.63) is 22.4 Å². The molecule has 0 saturated heterocycles. The molecule has 0 radical (unpaired) electrons. The van der Waals surface area contributed by atoms with Crippen molar-refractivity contribution in [1.82, 2.24) is 5.32 Å². The SMILES string of the molecule is CC1CCC(C)C(NCc2cccs2)C1. The van der Waals surface area contributed by atoms with Crippen molar-refractivity contribution >= 4 is 11.3 Å². The Hall–Kier alpha value is -0.340. The van der Waals surface area contributed by atoms with Crippen LogP contribution in [0.2, 0.25) is 0 Å². The van der Waals surface area contributed by atoms with Gasteiger partial charge in [-0.05, 0) is 36.1 Å². The molecular weight excluding hydrogens is 202 g/mol. The van der Waals surface area contributed by atoms with Crippen LogP contribution in [0.1, 0.15) is 38.0 Å². The molecule has 1 aliphatic rings. The summed E-state index contributed by atoms with van der Waals surface area (Å²) in [6.45, 7) is 5.82. The summed E-state index contributed by atoms with van der Waals surface area (Å²) in [5.74, 6) is 1.75. The van der Waals surface area contributed by atoms with Gasteiger partial charge in [0.25, 0.3) is 0 Å². The topological polar surface area (TPSA) is 12.0 Å². The second-order valence-electron chi connectivity index (χ2n) is 4.96. The third-order valence-corrected chi connectivity index (χ3v) is 4.45. The van der Waals surface area contributed by atoms with Crippen LogP contribution in [0.15, 0.2) is 17.5 Å². The van der Waals surface area contributed by atoms with Crippen LogP contribution in [0.25, 0.3) is 0 Å². The highest BCUT2D eigenvalue weighted by Crippen LogP contribution is 2.28. The molecule has 0 aliphatic heterocycles. The first-order valence-corrected chi connectivity index (χ1v) is 6.89. The van der Waals surface area contributed by atoms with Crippen molar-refractivity contribution < 1.29 is 0 Å². The summed E-state index contributed by atoms with van der Waals surface area (Å²) in [7, 11) is 0. The Bertz CT molecular complexity index is 281. The van der Waals surface area contributed by atoms with Gasteiger partial charge < -0.3 is 5.32 Å². The van der Waals surface area contributed by atoms with E-state index in [1.807, 2.05) is 11.3 Å². The second-order valence-corrected chi connectivity index (χ2v) is 5.99. The molecule has 1 heterocycles. The Morgan fingerprint density at radius 3 is 3.00 bits per heavy atom. The fourth-order valence-electron chi connectivity index (χ4n) is 2.46. The zero-order valence-electron chi connectivity index (χ0n) is 9.70. The van der Waals surface area contributed by atoms with E-state index in [1.165, 1.54) is 24.1 Å². The second kappa shape index (κ2) is 5.13. The summed E-state index contributed by atoms with van der Waals surface area (Å²) in [5.41, 5.74) is 0. The van der Waals surface area contributed by atoms with E-state index in [0.29, 0.717) is 0 Å². The van der Waals surface area contributed by atoms with E-state index in [0.717, 1.165) is 24.4 Å². The number of hydrogen-bond acceptors (Lipinski definition) is 2. The van der Waals surface area contributed by atoms with Crippen LogP contribution in [0.5, 0.6) is 0 Å². The first-order chi connectivity index (χ1) is 7.25. The fourth-order valence-corrected chi connectivity index (χ4v) is 3.12. The zero-order chi connectivity index (χ0) is 10.7. The van der Waals surface area contributed by atoms with Crippen LogP contribution in [0, 0.1) is 11.8 Å². The predicted molar refractivity (Wildman–Crippen MR) is 67.1 cm³/mol. The summed E-state index contributed by atoms with van der Waals surface area (Å²) in [6, 6.07) is 5.08. The first-order valence-electron chi connectivity index (χ1n) is 6.01. The standard InChI is InChI=1S/C13H21NS/c1-10-5-6-11(2)13(8-10)14-9-12-4-3-7-15-12/h3-4,7,10-11,13-14H,5-6,8-9H2,1-2H3. The van der Waals surface area contributed by atoms with E-state index in [-0.39, 0.29) is 0 Å². The lowest BCUT2D eigenvalue weighted by Crippen LogP contribution is -2.38. The average Bonchev–Trinajstić information content (AvgIpc) is 2.72. The number of thiophene rings is 1. The quantitative estimate of drug-likeness (QED) is 0.824. The summed E-state index contributed by atoms with van der Waals surface area (Å²) in [6.07, 6.45) is 4.16. The van der Waals surface area contributed by atoms with E-state index in [1.54, 1.807) is 0 Å². The molecule has 1 N–H and O–H groups in total. The Labute approximate surface area is 96.9 Å². The van der Waals surface area contributed by atoms with Gasteiger partial charge in [0.1, 0.15) is 0 Å². The predicted octanol–water partition coefficient (Wildman–Crippen LogP) is 3.66. The first kappa shape index (κ1) is 11.2. The summed E-state index contributed by atoms with van der Waals surface area (Å²) < 4.78 is 0. The molecule has 1 aromatic rings. The van der Waals surface area contributed by atoms with E-state index in [9.17, 15) is 0 Å². The minimum atomic E-state index is 0.732. The Morgan fingerprint density at radius 2 is 2.27 bits per heavy atom. The van der Waals surface area contributed by atoms with E-state index in [4.69, 9.17) is 0 Å². The molecule has 2 heteroatoms. The van der Waals surface area contributed by atoms with Gasteiger partial charge in [0, 0.05) is 17.5 Å². The minimum Gasteiger partial charge on any atom is -0.309 e. The molecule has 3 unspecified atom stereocenters. The maximum Gasteiger partial charge on any atom is 0.0302 e. The Morgan fingerprint density at radius 1 is 1.40 bits per heavy atom. The lowest BCUT2D eigenvalue weighted by atomic mass is 9.80. The van der Waals surface area contributed by atoms with E-state index >= 15 is 0 Å². The third kappa shape index (κ3) is 3.05. The Balaban J connectivity index is 1.82. The van der Waals surface area contributed by atoms with Crippen molar-refractivity contribution in [3.8, 4) is 0 Å². The molecule has 1 aliphatic carbocycles. The zero-order valence-corrected chi connectivity index (χ0v) is 10.5. The lowest BCUT2D eigenvalue weighted by molar-refractivity contribution is 0.228. The number of nitrogens with one attached hydrogen (secondary N) is 1. The van der Waals surface area contributed by atoms with Crippen LogP contribution in [-0.2, 0) is 6.54 Å². The summed E-state index contributed by atoms with van der Waals surface area (Å²) in [5, 5.41) is 5.87. The van der Waals surface area contributed by atoms with Crippen molar-refractivity contribution in [2.45, 2.75) is 45.7 Å². The molecule has 1 nitrogen and oxygen atoms in total. The fraction of sp³-hybridized carbons (Fsp3) is 0.692. The van der Waals surface area contributed by atoms with Gasteiger partial charge in [-0.1, -0.05) is 26.3 Å². The summed E-state index contributed by atoms with van der Waals surface area (Å²) in [4.78, 5) is 1.46. The normalized spacial score (nSPS) is 31.7. The maximum absolute atomic E-state index is 3.71. The van der Waals surface area contributed by atoms with Crippen LogP contribution in [0.4, 0.5) is 0 Å². The van der Waals surface area contributed by atoms with Crippen molar-refractivity contribution in [2.24, 2.45) is 11.8 Å². The minimum absolute atomic E-state index is 0.732. The van der Waals surface area contributed by atoms with Gasteiger partial charge >= 0.3 is 0 Å². The largest absolute Gasteiger partial charge is 0.309 e. The Kier molecular flexibility index (Phi) is 3.81. The highest BCUT2D eigenvalue weighted by Gasteiger charge is 2.24. The molecule has 0 bridgehead atoms. The highest BCUT2D eigenvalue weighted by atomic mass is 32.1. The van der Waals surface area contributed by atoms with Gasteiger partial charge in [0.15, 0.2) is 0 Å². The third-order valence-electron chi connectivity index (χ3n) is 3.58. The molecule has 1 saturated carbocycles. The van der Waals surface area contributed by atoms with Crippen LogP contribution in [0.3, 0.4) is 0 Å². The molecule has 1 aromatic heterocycles. The molecular formula is C13H21NS. The molecule has 1 fully saturated rings. The van der Waals surface area contributed by atoms with Gasteiger partial charge in [-0.3, -0.25) is 0 Å². The number of hydrogen-bond donors (Lipinski definition) is 1. The van der Waals surface area contributed by atoms with Crippen LogP contribution >= 0.6 is 11.3 Å². The van der Waals surface area contributed by atoms with Crippen molar-refractivity contribution in [2.75, 3.05) is 0 Å². The molecule has 0 aromatic carbocycles. The van der Waals surface area contributed by atoms with E-state index < -0.39 is 0 Å². The maximum atomic E-state index is 3.71. The summed E-state index contributed by atoms with van der Waals surface area (Å²) >= 11 is 1.85. The van der Waals surface area contributed by atoms with Gasteiger partial charge in [-0.15, -0.1) is 11.3 Å². The molecule has 0 spiro atoms. The monoisotopic (exact) mass is 223 g/mol. The molecule has 0 amide bonds. The molecule has 15 heavy (non-hydrogen) atoms. The highest BCUT2D eigenvalue weighted by molar-refractivity contribution is 7.09. The molecule has 3 atom stereocenters. The van der Waals surface area contributed by atoms with Crippen molar-refractivity contribution in [1.29, 1.82) is 0 Å². The van der Waals surface area contributed by atoms with Gasteiger partial charge in [-0.2, -0.15) is 0 Å². The number of rotatable bonds is 3. The van der Waals surface area contributed by atoms with Gasteiger partial charge in [0.2, 0.25) is 0 Å². The lowest BCUT2D eigenvalue weighted by Gasteiger charge is -2.33. The van der Waals surface area contributed by atoms with Crippen molar-refractivity contribution in [3.63, 3.8) is 0 Å². The molecule has 84 valence electrons. The average molecular weight is 223 g/mol. The molecule has 2 rings (SSSR count). The van der Waals surface area contributed by atoms with E-state index in [2.05, 4.69) is 36.7 Å². The van der Waals surface area contributed by atoms with Gasteiger partial charge in [-0.25, -0.2) is 0 Å². The van der Waals surface area contributed by atoms with Crippen LogP contribution < -0.4 is 5.32 Å². The van der Waals surface area contributed by atoms with Crippen LogP contribution in [-0.4, -0.2) is 6.04 Å². The van der Waals surface area contributed by atoms with Gasteiger partial charge in [0.05, 0.1) is 0 Å². The smallest absolute Gasteiger partial charge is 0.0302 e.